The van der Waals surface area contributed by atoms with Crippen molar-refractivity contribution in [3.63, 3.8) is 0 Å². The topological polar surface area (TPSA) is 28.7 Å². The number of aromatic nitrogens is 1. The molecule has 0 aliphatic carbocycles. The van der Waals surface area contributed by atoms with E-state index in [4.69, 9.17) is 12.2 Å². The Morgan fingerprint density at radius 3 is 2.22 bits per heavy atom. The van der Waals surface area contributed by atoms with Gasteiger partial charge in [0.2, 0.25) is 0 Å². The molecule has 3 heteroatoms. The van der Waals surface area contributed by atoms with Crippen molar-refractivity contribution in [2.24, 2.45) is 0 Å². The summed E-state index contributed by atoms with van der Waals surface area (Å²) in [5.41, 5.74) is 3.35. The van der Waals surface area contributed by atoms with E-state index in [-0.39, 0.29) is 0 Å². The lowest BCUT2D eigenvalue weighted by atomic mass is 10.0. The molecule has 0 aliphatic rings. The molecule has 0 saturated carbocycles. The van der Waals surface area contributed by atoms with Crippen molar-refractivity contribution >= 4 is 23.9 Å². The third-order valence-electron chi connectivity index (χ3n) is 3.52. The van der Waals surface area contributed by atoms with E-state index in [1.165, 1.54) is 0 Å². The summed E-state index contributed by atoms with van der Waals surface area (Å²) in [5.74, 6) is 0. The number of pyridine rings is 1. The van der Waals surface area contributed by atoms with Crippen LogP contribution in [0.2, 0.25) is 0 Å². The van der Waals surface area contributed by atoms with Crippen molar-refractivity contribution in [1.82, 2.24) is 4.57 Å². The Morgan fingerprint density at radius 1 is 0.913 bits per heavy atom. The molecule has 0 bridgehead atoms. The van der Waals surface area contributed by atoms with Crippen LogP contribution in [0.5, 0.6) is 0 Å². The van der Waals surface area contributed by atoms with Crippen molar-refractivity contribution in [3.8, 4) is 11.8 Å². The monoisotopic (exact) mass is 314 g/mol. The van der Waals surface area contributed by atoms with Gasteiger partial charge in [0.05, 0.1) is 11.6 Å². The van der Waals surface area contributed by atoms with E-state index >= 15 is 0 Å². The lowest BCUT2D eigenvalue weighted by molar-refractivity contribution is 1.02. The van der Waals surface area contributed by atoms with Crippen LogP contribution >= 0.6 is 12.2 Å². The summed E-state index contributed by atoms with van der Waals surface area (Å²) in [7, 11) is 0. The Bertz CT molecular complexity index is 933. The van der Waals surface area contributed by atoms with Crippen LogP contribution < -0.4 is 0 Å². The lowest BCUT2D eigenvalue weighted by Gasteiger charge is -2.08. The van der Waals surface area contributed by atoms with Crippen LogP contribution in [0.25, 0.3) is 17.3 Å². The Hall–Kier alpha value is -2.96. The van der Waals surface area contributed by atoms with Gasteiger partial charge in [0, 0.05) is 17.4 Å². The summed E-state index contributed by atoms with van der Waals surface area (Å²) in [6.07, 6.45) is 3.78. The molecule has 0 amide bonds. The first-order valence-corrected chi connectivity index (χ1v) is 7.65. The van der Waals surface area contributed by atoms with Gasteiger partial charge in [0.1, 0.15) is 4.64 Å². The van der Waals surface area contributed by atoms with Crippen molar-refractivity contribution < 1.29 is 0 Å². The number of allylic oxidation sites excluding steroid dienone is 1. The highest BCUT2D eigenvalue weighted by Crippen LogP contribution is 2.19. The molecule has 110 valence electrons. The molecule has 1 aromatic heterocycles. The van der Waals surface area contributed by atoms with Gasteiger partial charge in [-0.05, 0) is 29.8 Å². The van der Waals surface area contributed by atoms with E-state index in [9.17, 15) is 5.26 Å². The summed E-state index contributed by atoms with van der Waals surface area (Å²) in [4.78, 5) is 0. The second-order valence-electron chi connectivity index (χ2n) is 5.01. The van der Waals surface area contributed by atoms with Crippen molar-refractivity contribution in [2.75, 3.05) is 0 Å². The molecule has 0 saturated heterocycles. The normalized spacial score (nSPS) is 11.0. The fraction of sp³-hybridized carbons (Fsp3) is 0. The summed E-state index contributed by atoms with van der Waals surface area (Å²) in [6, 6.07) is 25.7. The summed E-state index contributed by atoms with van der Waals surface area (Å²) < 4.78 is 2.63. The fourth-order valence-electron chi connectivity index (χ4n) is 2.37. The van der Waals surface area contributed by atoms with E-state index in [0.717, 1.165) is 16.8 Å². The minimum absolute atomic E-state index is 0.600. The van der Waals surface area contributed by atoms with Gasteiger partial charge in [-0.2, -0.15) is 5.26 Å². The first-order chi connectivity index (χ1) is 11.3. The van der Waals surface area contributed by atoms with E-state index in [0.29, 0.717) is 10.2 Å². The van der Waals surface area contributed by atoms with Crippen LogP contribution in [0.3, 0.4) is 0 Å². The van der Waals surface area contributed by atoms with E-state index in [2.05, 4.69) is 6.07 Å². The average Bonchev–Trinajstić information content (AvgIpc) is 2.62. The van der Waals surface area contributed by atoms with Gasteiger partial charge in [0.15, 0.2) is 0 Å². The minimum atomic E-state index is 0.600. The molecule has 0 aliphatic heterocycles. The molecule has 3 rings (SSSR count). The zero-order chi connectivity index (χ0) is 16.1. The molecule has 0 N–H and O–H groups in total. The second-order valence-corrected chi connectivity index (χ2v) is 5.40. The molecular weight excluding hydrogens is 300 g/mol. The largest absolute Gasteiger partial charge is 0.308 e. The third kappa shape index (κ3) is 3.28. The molecule has 23 heavy (non-hydrogen) atoms. The Morgan fingerprint density at radius 2 is 1.57 bits per heavy atom. The number of para-hydroxylation sites is 1. The molecule has 2 aromatic carbocycles. The van der Waals surface area contributed by atoms with Crippen LogP contribution in [-0.4, -0.2) is 4.57 Å². The predicted molar refractivity (Wildman–Crippen MR) is 96.5 cm³/mol. The maximum atomic E-state index is 9.46. The van der Waals surface area contributed by atoms with E-state index in [1.807, 2.05) is 89.6 Å². The average molecular weight is 314 g/mol. The van der Waals surface area contributed by atoms with Crippen molar-refractivity contribution in [1.29, 1.82) is 5.26 Å². The first-order valence-electron chi connectivity index (χ1n) is 7.24. The van der Waals surface area contributed by atoms with Crippen LogP contribution in [0.4, 0.5) is 0 Å². The standard InChI is InChI=1S/C20H14N2S/c21-15-18(16-8-3-1-4-9-16)14-17-10-7-13-22(20(17)23)19-11-5-2-6-12-19/h1-14H/b18-14+. The van der Waals surface area contributed by atoms with Crippen molar-refractivity contribution in [2.45, 2.75) is 0 Å². The van der Waals surface area contributed by atoms with Gasteiger partial charge in [-0.3, -0.25) is 0 Å². The molecule has 2 nitrogen and oxygen atoms in total. The second kappa shape index (κ2) is 6.87. The van der Waals surface area contributed by atoms with Gasteiger partial charge in [0.25, 0.3) is 0 Å². The Balaban J connectivity index is 2.10. The molecule has 0 radical (unpaired) electrons. The zero-order valence-electron chi connectivity index (χ0n) is 12.4. The highest BCUT2D eigenvalue weighted by Gasteiger charge is 2.03. The number of hydrogen-bond acceptors (Lipinski definition) is 2. The predicted octanol–water partition coefficient (Wildman–Crippen LogP) is 5.27. The van der Waals surface area contributed by atoms with E-state index in [1.54, 1.807) is 0 Å². The van der Waals surface area contributed by atoms with Gasteiger partial charge < -0.3 is 4.57 Å². The fourth-order valence-corrected chi connectivity index (χ4v) is 2.66. The number of benzene rings is 2. The highest BCUT2D eigenvalue weighted by molar-refractivity contribution is 7.71. The highest BCUT2D eigenvalue weighted by atomic mass is 32.1. The van der Waals surface area contributed by atoms with Gasteiger partial charge in [-0.1, -0.05) is 66.8 Å². The number of nitrogens with zero attached hydrogens (tertiary/aromatic N) is 2. The van der Waals surface area contributed by atoms with Gasteiger partial charge in [-0.25, -0.2) is 0 Å². The smallest absolute Gasteiger partial charge is 0.117 e. The Kier molecular flexibility index (Phi) is 4.46. The molecule has 0 spiro atoms. The molecule has 1 heterocycles. The molecule has 0 unspecified atom stereocenters. The van der Waals surface area contributed by atoms with Crippen LogP contribution in [0.15, 0.2) is 79.0 Å². The number of rotatable bonds is 3. The maximum Gasteiger partial charge on any atom is 0.117 e. The van der Waals surface area contributed by atoms with E-state index < -0.39 is 0 Å². The molecular formula is C20H14N2S. The van der Waals surface area contributed by atoms with Crippen LogP contribution in [0, 0.1) is 16.0 Å². The summed E-state index contributed by atoms with van der Waals surface area (Å²) in [6.45, 7) is 0. The zero-order valence-corrected chi connectivity index (χ0v) is 13.2. The first kappa shape index (κ1) is 15.0. The van der Waals surface area contributed by atoms with Gasteiger partial charge >= 0.3 is 0 Å². The molecule has 3 aromatic rings. The number of nitriles is 1. The number of hydrogen-bond donors (Lipinski definition) is 0. The Labute approximate surface area is 140 Å². The molecule has 0 fully saturated rings. The van der Waals surface area contributed by atoms with Crippen molar-refractivity contribution in [3.05, 3.63) is 94.8 Å². The summed E-state index contributed by atoms with van der Waals surface area (Å²) >= 11 is 5.60. The maximum absolute atomic E-state index is 9.46. The van der Waals surface area contributed by atoms with Crippen LogP contribution in [0.1, 0.15) is 11.1 Å². The lowest BCUT2D eigenvalue weighted by Crippen LogP contribution is -1.97. The molecule has 0 atom stereocenters. The van der Waals surface area contributed by atoms with Gasteiger partial charge in [-0.15, -0.1) is 0 Å². The quantitative estimate of drug-likeness (QED) is 0.486. The minimum Gasteiger partial charge on any atom is -0.308 e. The summed E-state index contributed by atoms with van der Waals surface area (Å²) in [5, 5.41) is 9.46. The SMILES string of the molecule is N#C/C(=C\c1cccn(-c2ccccc2)c1=S)c1ccccc1. The third-order valence-corrected chi connectivity index (χ3v) is 3.95. The van der Waals surface area contributed by atoms with Crippen LogP contribution in [-0.2, 0) is 0 Å².